The summed E-state index contributed by atoms with van der Waals surface area (Å²) in [5.41, 5.74) is 0. The zero-order chi connectivity index (χ0) is 6.97. The smallest absolute Gasteiger partial charge is 0.0131 e. The Hall–Kier alpha value is 0.390. The molecule has 1 saturated heterocycles. The molecule has 0 amide bonds. The van der Waals surface area contributed by atoms with Crippen LogP contribution < -0.4 is 0 Å². The van der Waals surface area contributed by atoms with E-state index in [1.165, 1.54) is 38.0 Å². The maximum atomic E-state index is 2.68. The van der Waals surface area contributed by atoms with Crippen LogP contribution in [0.4, 0.5) is 0 Å². The zero-order valence-corrected chi connectivity index (χ0v) is 7.61. The van der Waals surface area contributed by atoms with E-state index < -0.39 is 0 Å². The van der Waals surface area contributed by atoms with Crippen LogP contribution in [0.3, 0.4) is 0 Å². The van der Waals surface area contributed by atoms with Gasteiger partial charge in [0.2, 0.25) is 0 Å². The van der Waals surface area contributed by atoms with Gasteiger partial charge in [0.15, 0.2) is 0 Å². The lowest BCUT2D eigenvalue weighted by Gasteiger charge is -2.22. The number of hydrogen-bond acceptors (Lipinski definition) is 1. The summed E-state index contributed by atoms with van der Waals surface area (Å²) >= 11 is 0. The van der Waals surface area contributed by atoms with E-state index in [2.05, 4.69) is 11.7 Å². The Labute approximate surface area is 64.6 Å². The Kier molecular flexibility index (Phi) is 1.97. The lowest BCUT2D eigenvalue weighted by molar-refractivity contribution is 0.408. The molecular weight excluding hydrogens is 141 g/mol. The molecule has 1 nitrogen and oxygen atoms in total. The molecule has 1 aliphatic carbocycles. The molecule has 1 heterocycles. The van der Waals surface area contributed by atoms with Gasteiger partial charge < -0.3 is 0 Å². The second kappa shape index (κ2) is 2.79. The second-order valence-electron chi connectivity index (χ2n) is 3.47. The molecule has 0 aromatic carbocycles. The van der Waals surface area contributed by atoms with Gasteiger partial charge in [0.1, 0.15) is 0 Å². The molecule has 2 rings (SSSR count). The fraction of sp³-hybridized carbons (Fsp3) is 1.00. The van der Waals surface area contributed by atoms with Crippen LogP contribution in [-0.2, 0) is 0 Å². The minimum atomic E-state index is 0.411. The number of nitrogens with zero attached hydrogens (tertiary/aromatic N) is 1. The fourth-order valence-corrected chi connectivity index (χ4v) is 3.55. The van der Waals surface area contributed by atoms with Crippen LogP contribution in [0, 0.1) is 0 Å². The normalized spacial score (nSPS) is 28.2. The van der Waals surface area contributed by atoms with Gasteiger partial charge in [-0.2, -0.15) is 0 Å². The highest BCUT2D eigenvalue weighted by Gasteiger charge is 2.31. The summed E-state index contributed by atoms with van der Waals surface area (Å²) in [6.07, 6.45) is 8.99. The van der Waals surface area contributed by atoms with E-state index in [0.29, 0.717) is 8.07 Å². The maximum absolute atomic E-state index is 2.68. The van der Waals surface area contributed by atoms with Crippen LogP contribution in [0.2, 0.25) is 0 Å². The van der Waals surface area contributed by atoms with Crippen molar-refractivity contribution in [3.63, 3.8) is 0 Å². The van der Waals surface area contributed by atoms with E-state index in [1.54, 1.807) is 0 Å². The Morgan fingerprint density at radius 3 is 2.30 bits per heavy atom. The molecule has 0 bridgehead atoms. The van der Waals surface area contributed by atoms with E-state index >= 15 is 0 Å². The molecule has 0 aromatic rings. The molecule has 0 spiro atoms. The highest BCUT2D eigenvalue weighted by atomic mass is 31.1. The molecular formula is C8H16NP. The van der Waals surface area contributed by atoms with Crippen molar-refractivity contribution in [1.29, 1.82) is 0 Å². The van der Waals surface area contributed by atoms with Crippen LogP contribution in [0.5, 0.6) is 0 Å². The molecule has 0 unspecified atom stereocenters. The van der Waals surface area contributed by atoms with Crippen molar-refractivity contribution >= 4 is 8.07 Å². The van der Waals surface area contributed by atoms with E-state index in [1.807, 2.05) is 0 Å². The van der Waals surface area contributed by atoms with Gasteiger partial charge in [-0.25, -0.2) is 0 Å². The molecule has 58 valence electrons. The molecule has 0 N–H and O–H groups in total. The predicted octanol–water partition coefficient (Wildman–Crippen LogP) is 2.27. The van der Waals surface area contributed by atoms with Gasteiger partial charge in [0, 0.05) is 6.04 Å². The van der Waals surface area contributed by atoms with Crippen LogP contribution in [0.1, 0.15) is 25.7 Å². The van der Waals surface area contributed by atoms with Crippen molar-refractivity contribution in [3.8, 4) is 0 Å². The molecule has 1 saturated carbocycles. The van der Waals surface area contributed by atoms with E-state index in [9.17, 15) is 0 Å². The van der Waals surface area contributed by atoms with Crippen molar-refractivity contribution in [2.75, 3.05) is 19.4 Å². The minimum absolute atomic E-state index is 0.411. The van der Waals surface area contributed by atoms with E-state index in [4.69, 9.17) is 0 Å². The molecule has 1 aliphatic heterocycles. The van der Waals surface area contributed by atoms with Crippen LogP contribution >= 0.6 is 8.07 Å². The predicted molar refractivity (Wildman–Crippen MR) is 46.7 cm³/mol. The first-order chi connectivity index (χ1) is 4.88. The molecule has 2 fully saturated rings. The van der Waals surface area contributed by atoms with Gasteiger partial charge in [-0.1, -0.05) is 12.8 Å². The van der Waals surface area contributed by atoms with Crippen LogP contribution in [0.25, 0.3) is 0 Å². The van der Waals surface area contributed by atoms with Gasteiger partial charge in [-0.05, 0) is 40.3 Å². The summed E-state index contributed by atoms with van der Waals surface area (Å²) in [6.45, 7) is 0. The fourth-order valence-electron chi connectivity index (χ4n) is 1.87. The average molecular weight is 157 g/mol. The van der Waals surface area contributed by atoms with Crippen molar-refractivity contribution in [1.82, 2.24) is 4.67 Å². The second-order valence-corrected chi connectivity index (χ2v) is 6.00. The van der Waals surface area contributed by atoms with Gasteiger partial charge >= 0.3 is 0 Å². The third-order valence-electron chi connectivity index (χ3n) is 2.72. The van der Waals surface area contributed by atoms with Gasteiger partial charge in [-0.3, -0.25) is 4.67 Å². The van der Waals surface area contributed by atoms with Crippen LogP contribution in [-0.4, -0.2) is 30.1 Å². The monoisotopic (exact) mass is 157 g/mol. The summed E-state index contributed by atoms with van der Waals surface area (Å²) in [6, 6.07) is 0.980. The van der Waals surface area contributed by atoms with Crippen molar-refractivity contribution in [3.05, 3.63) is 0 Å². The highest BCUT2D eigenvalue weighted by molar-refractivity contribution is 7.62. The van der Waals surface area contributed by atoms with Crippen molar-refractivity contribution < 1.29 is 0 Å². The zero-order valence-electron chi connectivity index (χ0n) is 6.71. The Balaban J connectivity index is 1.84. The molecule has 2 aliphatic rings. The first kappa shape index (κ1) is 7.06. The molecule has 0 radical (unpaired) electrons. The SMILES string of the molecule is CN(C1CCCC1)P1CC1. The Morgan fingerprint density at radius 1 is 1.20 bits per heavy atom. The molecule has 0 aromatic heterocycles. The summed E-state index contributed by atoms with van der Waals surface area (Å²) in [4.78, 5) is 0. The van der Waals surface area contributed by atoms with Gasteiger partial charge in [0.25, 0.3) is 0 Å². The third-order valence-corrected chi connectivity index (χ3v) is 4.79. The Bertz CT molecular complexity index is 116. The summed E-state index contributed by atoms with van der Waals surface area (Å²) in [5.74, 6) is 0. The average Bonchev–Trinajstić information content (AvgIpc) is 2.65. The van der Waals surface area contributed by atoms with E-state index in [0.717, 1.165) is 6.04 Å². The lowest BCUT2D eigenvalue weighted by atomic mass is 10.3. The number of hydrogen-bond donors (Lipinski definition) is 0. The van der Waals surface area contributed by atoms with Gasteiger partial charge in [-0.15, -0.1) is 0 Å². The standard InChI is InChI=1S/C8H16NP/c1-9(10-6-7-10)8-4-2-3-5-8/h8H,2-7H2,1H3. The first-order valence-electron chi connectivity index (χ1n) is 4.35. The lowest BCUT2D eigenvalue weighted by Crippen LogP contribution is -2.21. The van der Waals surface area contributed by atoms with E-state index in [-0.39, 0.29) is 0 Å². The quantitative estimate of drug-likeness (QED) is 0.556. The summed E-state index contributed by atoms with van der Waals surface area (Å²) in [5, 5.41) is 0. The Morgan fingerprint density at radius 2 is 1.80 bits per heavy atom. The summed E-state index contributed by atoms with van der Waals surface area (Å²) < 4.78 is 2.68. The largest absolute Gasteiger partial charge is 0.282 e. The summed E-state index contributed by atoms with van der Waals surface area (Å²) in [7, 11) is 2.75. The molecule has 2 heteroatoms. The van der Waals surface area contributed by atoms with Crippen LogP contribution in [0.15, 0.2) is 0 Å². The maximum Gasteiger partial charge on any atom is 0.0131 e. The van der Waals surface area contributed by atoms with Crippen molar-refractivity contribution in [2.45, 2.75) is 31.7 Å². The van der Waals surface area contributed by atoms with Gasteiger partial charge in [0.05, 0.1) is 0 Å². The minimum Gasteiger partial charge on any atom is -0.282 e. The molecule has 10 heavy (non-hydrogen) atoms. The molecule has 0 atom stereocenters. The number of rotatable bonds is 2. The topological polar surface area (TPSA) is 3.24 Å². The first-order valence-corrected chi connectivity index (χ1v) is 6.02. The van der Waals surface area contributed by atoms with Crippen molar-refractivity contribution in [2.24, 2.45) is 0 Å². The highest BCUT2D eigenvalue weighted by Crippen LogP contribution is 2.55. The third kappa shape index (κ3) is 1.35.